The molecule has 0 aromatic carbocycles. The van der Waals surface area contributed by atoms with Crippen molar-refractivity contribution >= 4 is 11.6 Å². The van der Waals surface area contributed by atoms with E-state index in [4.69, 9.17) is 4.74 Å². The van der Waals surface area contributed by atoms with Crippen molar-refractivity contribution in [3.63, 3.8) is 0 Å². The molecule has 34 heavy (non-hydrogen) atoms. The van der Waals surface area contributed by atoms with Gasteiger partial charge in [-0.1, -0.05) is 40.2 Å². The highest BCUT2D eigenvalue weighted by Gasteiger charge is 2.64. The van der Waals surface area contributed by atoms with Gasteiger partial charge in [0.15, 0.2) is 11.6 Å². The fourth-order valence-electron chi connectivity index (χ4n) is 7.79. The van der Waals surface area contributed by atoms with Crippen LogP contribution in [0.5, 0.6) is 0 Å². The van der Waals surface area contributed by atoms with Crippen molar-refractivity contribution in [1.82, 2.24) is 0 Å². The number of carbonyl (C=O) groups is 2. The van der Waals surface area contributed by atoms with Gasteiger partial charge in [-0.05, 0) is 95.5 Å². The second-order valence-electron chi connectivity index (χ2n) is 13.7. The van der Waals surface area contributed by atoms with E-state index in [9.17, 15) is 14.7 Å². The summed E-state index contributed by atoms with van der Waals surface area (Å²) < 4.78 is 6.82. The third-order valence-electron chi connectivity index (χ3n) is 9.76. The van der Waals surface area contributed by atoms with Crippen LogP contribution >= 0.6 is 0 Å². The summed E-state index contributed by atoms with van der Waals surface area (Å²) in [6, 6.07) is 0. The molecule has 4 aliphatic rings. The van der Waals surface area contributed by atoms with Crippen LogP contribution < -0.4 is 0 Å². The third-order valence-corrected chi connectivity index (χ3v) is 9.76. The Labute approximate surface area is 206 Å². The van der Waals surface area contributed by atoms with E-state index in [1.165, 1.54) is 11.1 Å². The Hall–Kier alpha value is -1.42. The Kier molecular flexibility index (Phi) is 6.07. The second kappa shape index (κ2) is 8.05. The molecule has 0 fully saturated rings. The average molecular weight is 471 g/mol. The van der Waals surface area contributed by atoms with Crippen LogP contribution in [0.4, 0.5) is 0 Å². The molecule has 1 N–H and O–H groups in total. The van der Waals surface area contributed by atoms with Crippen molar-refractivity contribution in [2.24, 2.45) is 46.3 Å². The van der Waals surface area contributed by atoms with Crippen molar-refractivity contribution in [2.75, 3.05) is 0 Å². The molecule has 3 aliphatic carbocycles. The first-order valence-electron chi connectivity index (χ1n) is 13.5. The van der Waals surface area contributed by atoms with Gasteiger partial charge in [-0.25, -0.2) is 0 Å². The molecule has 0 unspecified atom stereocenters. The number of ether oxygens (including phenoxy) is 1. The number of Topliss-reactive ketones (excluding diaryl/α,β-unsaturated/α-hetero) is 2. The summed E-state index contributed by atoms with van der Waals surface area (Å²) in [6.07, 6.45) is 3.23. The number of aliphatic hydroxyl groups excluding tert-OH is 1. The summed E-state index contributed by atoms with van der Waals surface area (Å²) >= 11 is 0. The maximum Gasteiger partial charge on any atom is 0.175 e. The minimum atomic E-state index is -1.06. The van der Waals surface area contributed by atoms with E-state index in [0.717, 1.165) is 31.3 Å². The van der Waals surface area contributed by atoms with Crippen LogP contribution in [-0.4, -0.2) is 28.4 Å². The Morgan fingerprint density at radius 2 is 1.62 bits per heavy atom. The smallest absolute Gasteiger partial charge is 0.175 e. The number of ketones is 2. The summed E-state index contributed by atoms with van der Waals surface area (Å²) in [7, 11) is 0. The summed E-state index contributed by atoms with van der Waals surface area (Å²) in [5.41, 5.74) is 0.506. The highest BCUT2D eigenvalue weighted by molar-refractivity contribution is 6.19. The fourth-order valence-corrected chi connectivity index (χ4v) is 7.79. The molecule has 6 atom stereocenters. The van der Waals surface area contributed by atoms with E-state index in [-0.39, 0.29) is 23.4 Å². The van der Waals surface area contributed by atoms with E-state index >= 15 is 0 Å². The van der Waals surface area contributed by atoms with Crippen molar-refractivity contribution in [3.05, 3.63) is 22.5 Å². The molecule has 0 amide bonds. The molecule has 1 aliphatic heterocycles. The molecule has 0 aromatic rings. The number of carbonyl (C=O) groups excluding carboxylic acids is 2. The molecule has 4 heteroatoms. The Morgan fingerprint density at radius 1 is 1.00 bits per heavy atom. The molecule has 1 heterocycles. The van der Waals surface area contributed by atoms with Crippen LogP contribution in [0.3, 0.4) is 0 Å². The van der Waals surface area contributed by atoms with Gasteiger partial charge in [-0.15, -0.1) is 0 Å². The lowest BCUT2D eigenvalue weighted by atomic mass is 9.52. The summed E-state index contributed by atoms with van der Waals surface area (Å²) in [6.45, 7) is 20.6. The Bertz CT molecular complexity index is 962. The third kappa shape index (κ3) is 3.41. The first kappa shape index (κ1) is 25.7. The zero-order chi connectivity index (χ0) is 25.5. The SMILES string of the molecule is CC(C)C[C@@H]1C2=C(O[C@@]3(C)[C@@H]1CC1=C([C@H](C(C)C)CC[C@H]1C)[C@@H]3O)C(C)(C)C(=O)C(C)(C)C2=O. The summed E-state index contributed by atoms with van der Waals surface area (Å²) in [4.78, 5) is 27.4. The monoisotopic (exact) mass is 470 g/mol. The molecule has 0 saturated heterocycles. The van der Waals surface area contributed by atoms with Gasteiger partial charge < -0.3 is 9.84 Å². The summed E-state index contributed by atoms with van der Waals surface area (Å²) in [5.74, 6) is 1.97. The van der Waals surface area contributed by atoms with Crippen molar-refractivity contribution < 1.29 is 19.4 Å². The lowest BCUT2D eigenvalue weighted by molar-refractivity contribution is -0.172. The molecule has 190 valence electrons. The van der Waals surface area contributed by atoms with Crippen LogP contribution in [0.2, 0.25) is 0 Å². The molecule has 0 radical (unpaired) electrons. The second-order valence-corrected chi connectivity index (χ2v) is 13.7. The summed E-state index contributed by atoms with van der Waals surface area (Å²) in [5, 5.41) is 12.1. The standard InChI is InChI=1S/C30H46O4/c1-15(2)13-20-21-14-19-17(5)11-12-18(16(3)4)22(19)25(32)30(21,10)34-26-23(20)24(31)28(6,7)27(33)29(26,8)9/h15-18,20-21,25,32H,11-14H2,1-10H3/t17-,18+,20+,21-,25+,30+/m1/s1. The van der Waals surface area contributed by atoms with Gasteiger partial charge in [0.05, 0.1) is 10.8 Å². The average Bonchev–Trinajstić information content (AvgIpc) is 2.73. The zero-order valence-corrected chi connectivity index (χ0v) is 23.0. The fraction of sp³-hybridized carbons (Fsp3) is 0.800. The Morgan fingerprint density at radius 3 is 2.18 bits per heavy atom. The van der Waals surface area contributed by atoms with Gasteiger partial charge in [-0.3, -0.25) is 9.59 Å². The van der Waals surface area contributed by atoms with Gasteiger partial charge in [0, 0.05) is 11.5 Å². The van der Waals surface area contributed by atoms with Gasteiger partial charge >= 0.3 is 0 Å². The first-order valence-corrected chi connectivity index (χ1v) is 13.5. The van der Waals surface area contributed by atoms with Gasteiger partial charge in [0.1, 0.15) is 17.5 Å². The topological polar surface area (TPSA) is 63.6 Å². The van der Waals surface area contributed by atoms with E-state index in [1.807, 2.05) is 20.8 Å². The quantitative estimate of drug-likeness (QED) is 0.390. The molecule has 4 rings (SSSR count). The van der Waals surface area contributed by atoms with Gasteiger partial charge in [-0.2, -0.15) is 0 Å². The van der Waals surface area contributed by atoms with Crippen LogP contribution in [-0.2, 0) is 14.3 Å². The number of allylic oxidation sites excluding steroid dienone is 3. The van der Waals surface area contributed by atoms with Crippen molar-refractivity contribution in [2.45, 2.75) is 107 Å². The molecule has 4 nitrogen and oxygen atoms in total. The predicted molar refractivity (Wildman–Crippen MR) is 135 cm³/mol. The molecule has 0 spiro atoms. The van der Waals surface area contributed by atoms with E-state index in [1.54, 1.807) is 13.8 Å². The largest absolute Gasteiger partial charge is 0.487 e. The zero-order valence-electron chi connectivity index (χ0n) is 23.0. The molecule has 0 aromatic heterocycles. The highest BCUT2D eigenvalue weighted by atomic mass is 16.5. The van der Waals surface area contributed by atoms with Crippen LogP contribution in [0.15, 0.2) is 22.5 Å². The maximum atomic E-state index is 13.9. The van der Waals surface area contributed by atoms with E-state index in [2.05, 4.69) is 34.6 Å². The lowest BCUT2D eigenvalue weighted by Gasteiger charge is -2.59. The van der Waals surface area contributed by atoms with Crippen LogP contribution in [0.1, 0.15) is 94.9 Å². The highest BCUT2D eigenvalue weighted by Crippen LogP contribution is 2.61. The van der Waals surface area contributed by atoms with Crippen molar-refractivity contribution in [1.29, 1.82) is 0 Å². The number of aliphatic hydroxyl groups is 1. The molecular weight excluding hydrogens is 424 g/mol. The minimum Gasteiger partial charge on any atom is -0.487 e. The van der Waals surface area contributed by atoms with Crippen LogP contribution in [0, 0.1) is 46.3 Å². The normalized spacial score (nSPS) is 39.1. The number of rotatable bonds is 3. The number of hydrogen-bond donors (Lipinski definition) is 1. The number of hydrogen-bond acceptors (Lipinski definition) is 4. The molecule has 0 saturated carbocycles. The lowest BCUT2D eigenvalue weighted by Crippen LogP contribution is -2.63. The Balaban J connectivity index is 1.94. The minimum absolute atomic E-state index is 0.0134. The predicted octanol–water partition coefficient (Wildman–Crippen LogP) is 6.28. The van der Waals surface area contributed by atoms with Gasteiger partial charge in [0.25, 0.3) is 0 Å². The molecule has 0 bridgehead atoms. The van der Waals surface area contributed by atoms with E-state index in [0.29, 0.717) is 29.4 Å². The molecular formula is C30H46O4. The maximum absolute atomic E-state index is 13.9. The van der Waals surface area contributed by atoms with Gasteiger partial charge in [0.2, 0.25) is 0 Å². The van der Waals surface area contributed by atoms with E-state index < -0.39 is 22.5 Å². The first-order chi connectivity index (χ1) is 15.6. The van der Waals surface area contributed by atoms with Crippen LogP contribution in [0.25, 0.3) is 0 Å². The van der Waals surface area contributed by atoms with Crippen molar-refractivity contribution in [3.8, 4) is 0 Å². The number of fused-ring (bicyclic) bond motifs is 1.